The van der Waals surface area contributed by atoms with E-state index in [1.54, 1.807) is 0 Å². The van der Waals surface area contributed by atoms with Crippen LogP contribution in [0.3, 0.4) is 0 Å². The molecule has 0 aliphatic heterocycles. The molecule has 0 nitrogen and oxygen atoms in total. The Morgan fingerprint density at radius 1 is 0.222 bits per heavy atom. The van der Waals surface area contributed by atoms with E-state index in [-0.39, 0.29) is 5.41 Å². The van der Waals surface area contributed by atoms with Crippen LogP contribution >= 0.6 is 0 Å². The van der Waals surface area contributed by atoms with Gasteiger partial charge in [-0.05, 0) is 137 Å². The van der Waals surface area contributed by atoms with E-state index in [0.29, 0.717) is 0 Å². The summed E-state index contributed by atoms with van der Waals surface area (Å²) in [6, 6.07) is 81.7. The minimum Gasteiger partial charge on any atom is -0.0619 e. The van der Waals surface area contributed by atoms with Crippen LogP contribution in [0.2, 0.25) is 0 Å². The molecule has 1 aliphatic rings. The summed E-state index contributed by atoms with van der Waals surface area (Å²) < 4.78 is 0. The quantitative estimate of drug-likeness (QED) is 0.156. The van der Waals surface area contributed by atoms with Gasteiger partial charge in [0.05, 0.1) is 0 Å². The molecule has 0 amide bonds. The van der Waals surface area contributed by atoms with Crippen LogP contribution in [-0.2, 0) is 5.41 Å². The molecule has 0 radical (unpaired) electrons. The second kappa shape index (κ2) is 13.6. The highest BCUT2D eigenvalue weighted by atomic mass is 14.4. The van der Waals surface area contributed by atoms with Crippen LogP contribution in [0.25, 0.3) is 120 Å². The lowest BCUT2D eigenvalue weighted by Crippen LogP contribution is -2.15. The van der Waals surface area contributed by atoms with Crippen LogP contribution in [0.4, 0.5) is 0 Å². The van der Waals surface area contributed by atoms with Gasteiger partial charge >= 0.3 is 0 Å². The van der Waals surface area contributed by atoms with Crippen molar-refractivity contribution in [2.75, 3.05) is 0 Å². The van der Waals surface area contributed by atoms with Crippen molar-refractivity contribution in [3.05, 3.63) is 230 Å². The molecule has 0 saturated carbocycles. The van der Waals surface area contributed by atoms with E-state index in [9.17, 15) is 0 Å². The molecular weight excluding hydrogens is 757 g/mol. The molecule has 0 N–H and O–H groups in total. The monoisotopic (exact) mass is 798 g/mol. The molecule has 13 rings (SSSR count). The Balaban J connectivity index is 1.14. The molecule has 0 heterocycles. The first-order valence-electron chi connectivity index (χ1n) is 22.2. The molecule has 0 unspecified atom stereocenters. The molecule has 294 valence electrons. The van der Waals surface area contributed by atoms with Gasteiger partial charge in [0, 0.05) is 5.41 Å². The van der Waals surface area contributed by atoms with Gasteiger partial charge in [-0.3, -0.25) is 0 Å². The summed E-state index contributed by atoms with van der Waals surface area (Å²) in [6.07, 6.45) is 0. The summed E-state index contributed by atoms with van der Waals surface area (Å²) in [4.78, 5) is 0. The first kappa shape index (κ1) is 35.9. The van der Waals surface area contributed by atoms with Gasteiger partial charge < -0.3 is 0 Å². The largest absolute Gasteiger partial charge is 0.0619 e. The maximum atomic E-state index is 2.54. The predicted octanol–water partition coefficient (Wildman–Crippen LogP) is 17.6. The SMILES string of the molecule is CC1(C)c2ccccc2-c2c1cc(-c1c3ccccc3c(-c3c4ccccc4c(-c4ccccc4-c4cccc5ccccc45)c4ccccc34)c3ccccc13)c1ccccc21. The highest BCUT2D eigenvalue weighted by molar-refractivity contribution is 6.31. The van der Waals surface area contributed by atoms with Crippen LogP contribution in [0.15, 0.2) is 218 Å². The van der Waals surface area contributed by atoms with Crippen molar-refractivity contribution >= 4 is 64.6 Å². The average molecular weight is 799 g/mol. The molecule has 12 aromatic carbocycles. The smallest absolute Gasteiger partial charge is 0.0159 e. The van der Waals surface area contributed by atoms with Gasteiger partial charge in [-0.25, -0.2) is 0 Å². The fourth-order valence-electron chi connectivity index (χ4n) is 11.5. The van der Waals surface area contributed by atoms with E-state index in [1.807, 2.05) is 0 Å². The van der Waals surface area contributed by atoms with Gasteiger partial charge in [0.15, 0.2) is 0 Å². The Hall–Kier alpha value is -7.80. The number of rotatable bonds is 4. The molecule has 1 aliphatic carbocycles. The van der Waals surface area contributed by atoms with E-state index in [1.165, 1.54) is 131 Å². The topological polar surface area (TPSA) is 0 Å². The summed E-state index contributed by atoms with van der Waals surface area (Å²) in [6.45, 7) is 4.80. The first-order valence-corrected chi connectivity index (χ1v) is 22.2. The lowest BCUT2D eigenvalue weighted by molar-refractivity contribution is 0.661. The molecule has 0 spiro atoms. The molecule has 12 aromatic rings. The van der Waals surface area contributed by atoms with Crippen molar-refractivity contribution in [3.8, 4) is 55.6 Å². The Bertz CT molecular complexity index is 3760. The van der Waals surface area contributed by atoms with Gasteiger partial charge in [0.25, 0.3) is 0 Å². The Morgan fingerprint density at radius 3 is 1.11 bits per heavy atom. The van der Waals surface area contributed by atoms with Crippen molar-refractivity contribution in [1.82, 2.24) is 0 Å². The Kier molecular flexibility index (Phi) is 7.75. The maximum Gasteiger partial charge on any atom is 0.0159 e. The van der Waals surface area contributed by atoms with Crippen molar-refractivity contribution in [3.63, 3.8) is 0 Å². The second-order valence-electron chi connectivity index (χ2n) is 17.8. The zero-order valence-electron chi connectivity index (χ0n) is 35.3. The van der Waals surface area contributed by atoms with Crippen LogP contribution in [0, 0.1) is 0 Å². The van der Waals surface area contributed by atoms with Crippen LogP contribution in [0.1, 0.15) is 25.0 Å². The van der Waals surface area contributed by atoms with Gasteiger partial charge in [-0.1, -0.05) is 226 Å². The third-order valence-electron chi connectivity index (χ3n) is 14.2. The van der Waals surface area contributed by atoms with Crippen LogP contribution in [0.5, 0.6) is 0 Å². The minimum atomic E-state index is -0.137. The van der Waals surface area contributed by atoms with Crippen LogP contribution < -0.4 is 0 Å². The minimum absolute atomic E-state index is 0.137. The van der Waals surface area contributed by atoms with E-state index in [4.69, 9.17) is 0 Å². The predicted molar refractivity (Wildman–Crippen MR) is 271 cm³/mol. The lowest BCUT2D eigenvalue weighted by Gasteiger charge is -2.25. The molecule has 0 heteroatoms. The maximum absolute atomic E-state index is 2.54. The fourth-order valence-corrected chi connectivity index (χ4v) is 11.5. The summed E-state index contributed by atoms with van der Waals surface area (Å²) in [7, 11) is 0. The summed E-state index contributed by atoms with van der Waals surface area (Å²) in [5, 5.41) is 15.2. The average Bonchev–Trinajstić information content (AvgIpc) is 3.57. The summed E-state index contributed by atoms with van der Waals surface area (Å²) >= 11 is 0. The summed E-state index contributed by atoms with van der Waals surface area (Å²) in [5.74, 6) is 0. The zero-order chi connectivity index (χ0) is 41.8. The molecule has 63 heavy (non-hydrogen) atoms. The molecule has 0 fully saturated rings. The highest BCUT2D eigenvalue weighted by Gasteiger charge is 2.37. The Morgan fingerprint density at radius 2 is 0.571 bits per heavy atom. The molecule has 0 bridgehead atoms. The number of fused-ring (bicyclic) bond motifs is 10. The van der Waals surface area contributed by atoms with Gasteiger partial charge in [0.2, 0.25) is 0 Å². The van der Waals surface area contributed by atoms with Gasteiger partial charge in [-0.2, -0.15) is 0 Å². The van der Waals surface area contributed by atoms with E-state index in [2.05, 4.69) is 232 Å². The number of hydrogen-bond acceptors (Lipinski definition) is 0. The standard InChI is InChI=1S/C63H42/c1-63(2)56-37-18-17-35-54(56)60-45-26-8-6-24-43(45)55(38-57(60)63)59-48-29-11-15-33-52(48)62(53-34-16-12-30-49(53)59)61-50-31-13-9-27-46(50)58(47-28-10-14-32-51(47)61)44-25-7-5-23-42(44)41-36-19-21-39-20-3-4-22-40(39)41/h3-38H,1-2H3. The van der Waals surface area contributed by atoms with Crippen molar-refractivity contribution < 1.29 is 0 Å². The third kappa shape index (κ3) is 5.10. The van der Waals surface area contributed by atoms with E-state index >= 15 is 0 Å². The van der Waals surface area contributed by atoms with Crippen molar-refractivity contribution in [2.45, 2.75) is 19.3 Å². The van der Waals surface area contributed by atoms with Crippen molar-refractivity contribution in [2.24, 2.45) is 0 Å². The zero-order valence-corrected chi connectivity index (χ0v) is 35.3. The van der Waals surface area contributed by atoms with E-state index < -0.39 is 0 Å². The summed E-state index contributed by atoms with van der Waals surface area (Å²) in [5.41, 5.74) is 15.5. The van der Waals surface area contributed by atoms with E-state index in [0.717, 1.165) is 0 Å². The second-order valence-corrected chi connectivity index (χ2v) is 17.8. The Labute approximate surface area is 367 Å². The van der Waals surface area contributed by atoms with Crippen molar-refractivity contribution in [1.29, 1.82) is 0 Å². The highest BCUT2D eigenvalue weighted by Crippen LogP contribution is 2.56. The molecular formula is C63H42. The molecule has 0 saturated heterocycles. The lowest BCUT2D eigenvalue weighted by atomic mass is 9.78. The molecule has 0 atom stereocenters. The first-order chi connectivity index (χ1) is 31.1. The third-order valence-corrected chi connectivity index (χ3v) is 14.2. The van der Waals surface area contributed by atoms with Gasteiger partial charge in [-0.15, -0.1) is 0 Å². The number of benzene rings is 12. The fraction of sp³-hybridized carbons (Fsp3) is 0.0476. The van der Waals surface area contributed by atoms with Crippen LogP contribution in [-0.4, -0.2) is 0 Å². The number of hydrogen-bond donors (Lipinski definition) is 0. The molecule has 0 aromatic heterocycles. The van der Waals surface area contributed by atoms with Gasteiger partial charge in [0.1, 0.15) is 0 Å². The normalized spacial score (nSPS) is 13.0.